The number of pyridine rings is 1. The molecule has 1 aromatic heterocycles. The minimum Gasteiger partial charge on any atom is -0.256 e. The minimum atomic E-state index is -0.426. The molecule has 0 saturated carbocycles. The Morgan fingerprint density at radius 3 is 2.26 bits per heavy atom. The Bertz CT molecular complexity index is 521. The number of hydrogen-bond donors (Lipinski definition) is 0. The average Bonchev–Trinajstić information content (AvgIpc) is 2.39. The highest BCUT2D eigenvalue weighted by molar-refractivity contribution is 7.34. The van der Waals surface area contributed by atoms with Crippen molar-refractivity contribution in [2.45, 2.75) is 19.7 Å². The van der Waals surface area contributed by atoms with Gasteiger partial charge in [0.25, 0.3) is 0 Å². The first-order valence-electron chi connectivity index (χ1n) is 6.39. The molecule has 0 fully saturated rings. The van der Waals surface area contributed by atoms with E-state index in [2.05, 4.69) is 31.0 Å². The maximum absolute atomic E-state index is 6.18. The van der Waals surface area contributed by atoms with E-state index in [1.165, 1.54) is 0 Å². The molecular weight excluding hydrogens is 276 g/mol. The van der Waals surface area contributed by atoms with Crippen LogP contribution < -0.4 is 0 Å². The van der Waals surface area contributed by atoms with Crippen LogP contribution in [0.2, 0.25) is 0 Å². The van der Waals surface area contributed by atoms with Crippen LogP contribution in [0, 0.1) is 5.92 Å². The lowest BCUT2D eigenvalue weighted by Gasteiger charge is -2.23. The SMILES string of the molecule is CC(C)C(B(Cl)Cl)c1ccccc1-c1ccccn1. The van der Waals surface area contributed by atoms with E-state index in [-0.39, 0.29) is 5.82 Å². The van der Waals surface area contributed by atoms with Gasteiger partial charge in [-0.3, -0.25) is 4.98 Å². The molecule has 0 aliphatic rings. The molecule has 0 spiro atoms. The van der Waals surface area contributed by atoms with Gasteiger partial charge in [0.15, 0.2) is 0 Å². The molecule has 1 atom stereocenters. The third-order valence-corrected chi connectivity index (χ3v) is 3.79. The zero-order valence-corrected chi connectivity index (χ0v) is 12.6. The van der Waals surface area contributed by atoms with Gasteiger partial charge in [-0.15, -0.1) is 0 Å². The lowest BCUT2D eigenvalue weighted by molar-refractivity contribution is 0.620. The Morgan fingerprint density at radius 1 is 1.00 bits per heavy atom. The first-order chi connectivity index (χ1) is 9.11. The molecule has 2 aromatic rings. The van der Waals surface area contributed by atoms with E-state index in [9.17, 15) is 0 Å². The van der Waals surface area contributed by atoms with Gasteiger partial charge in [0.05, 0.1) is 5.69 Å². The molecule has 1 unspecified atom stereocenters. The van der Waals surface area contributed by atoms with E-state index in [1.807, 2.05) is 30.3 Å². The molecule has 0 amide bonds. The first kappa shape index (κ1) is 14.4. The fourth-order valence-corrected chi connectivity index (χ4v) is 3.18. The molecule has 0 saturated heterocycles. The molecule has 0 radical (unpaired) electrons. The Labute approximate surface area is 124 Å². The molecule has 0 bridgehead atoms. The highest BCUT2D eigenvalue weighted by atomic mass is 35.5. The lowest BCUT2D eigenvalue weighted by atomic mass is 9.69. The highest BCUT2D eigenvalue weighted by Crippen LogP contribution is 2.36. The quantitative estimate of drug-likeness (QED) is 0.723. The van der Waals surface area contributed by atoms with Crippen molar-refractivity contribution in [2.24, 2.45) is 5.92 Å². The molecule has 4 heteroatoms. The summed E-state index contributed by atoms with van der Waals surface area (Å²) in [6.45, 7) is 4.27. The maximum Gasteiger partial charge on any atom is 0.359 e. The third kappa shape index (κ3) is 3.32. The van der Waals surface area contributed by atoms with E-state index in [0.29, 0.717) is 5.92 Å². The fourth-order valence-electron chi connectivity index (χ4n) is 2.33. The van der Waals surface area contributed by atoms with Crippen molar-refractivity contribution in [3.05, 3.63) is 54.2 Å². The second-order valence-electron chi connectivity index (χ2n) is 4.91. The van der Waals surface area contributed by atoms with E-state index in [0.717, 1.165) is 16.8 Å². The maximum atomic E-state index is 6.18. The molecule has 1 aromatic carbocycles. The number of rotatable bonds is 4. The van der Waals surface area contributed by atoms with Gasteiger partial charge in [-0.1, -0.05) is 44.2 Å². The Balaban J connectivity index is 2.52. The van der Waals surface area contributed by atoms with Crippen LogP contribution in [-0.4, -0.2) is 10.5 Å². The summed E-state index contributed by atoms with van der Waals surface area (Å²) in [5.74, 6) is 0.464. The minimum absolute atomic E-state index is 0.0986. The van der Waals surface area contributed by atoms with Crippen molar-refractivity contribution in [1.29, 1.82) is 0 Å². The average molecular weight is 292 g/mol. The summed E-state index contributed by atoms with van der Waals surface area (Å²) in [4.78, 5) is 4.42. The zero-order valence-electron chi connectivity index (χ0n) is 11.1. The van der Waals surface area contributed by atoms with Crippen LogP contribution in [0.5, 0.6) is 0 Å². The van der Waals surface area contributed by atoms with Crippen molar-refractivity contribution >= 4 is 28.5 Å². The van der Waals surface area contributed by atoms with Crippen molar-refractivity contribution in [1.82, 2.24) is 4.98 Å². The summed E-state index contributed by atoms with van der Waals surface area (Å²) in [6.07, 6.45) is 1.80. The summed E-state index contributed by atoms with van der Waals surface area (Å²) in [5, 5.41) is 0. The predicted octanol–water partition coefficient (Wildman–Crippen LogP) is 4.99. The summed E-state index contributed by atoms with van der Waals surface area (Å²) >= 11 is 12.4. The standard InChI is InChI=1S/C15H16BCl2N/c1-11(2)15(16(17)18)13-8-4-3-7-12(13)14-9-5-6-10-19-14/h3-11,15H,1-2H3. The topological polar surface area (TPSA) is 12.9 Å². The number of hydrogen-bond acceptors (Lipinski definition) is 1. The van der Waals surface area contributed by atoms with Crippen LogP contribution in [-0.2, 0) is 0 Å². The van der Waals surface area contributed by atoms with Gasteiger partial charge in [-0.05, 0) is 29.4 Å². The van der Waals surface area contributed by atoms with Gasteiger partial charge in [0.2, 0.25) is 0 Å². The number of aromatic nitrogens is 1. The van der Waals surface area contributed by atoms with Crippen LogP contribution in [0.25, 0.3) is 11.3 Å². The first-order valence-corrected chi connectivity index (χ1v) is 7.27. The molecular formula is C15H16BCl2N. The second-order valence-corrected chi connectivity index (χ2v) is 6.07. The molecule has 1 nitrogen and oxygen atoms in total. The van der Waals surface area contributed by atoms with Gasteiger partial charge in [0.1, 0.15) is 0 Å². The smallest absolute Gasteiger partial charge is 0.256 e. The Kier molecular flexibility index (Phi) is 4.90. The summed E-state index contributed by atoms with van der Waals surface area (Å²) in [5.41, 5.74) is 2.79. The summed E-state index contributed by atoms with van der Waals surface area (Å²) in [7, 11) is 0. The van der Waals surface area contributed by atoms with Crippen LogP contribution in [0.15, 0.2) is 48.7 Å². The number of nitrogens with zero attached hydrogens (tertiary/aromatic N) is 1. The van der Waals surface area contributed by atoms with Crippen molar-refractivity contribution in [2.75, 3.05) is 0 Å². The van der Waals surface area contributed by atoms with E-state index in [4.69, 9.17) is 22.9 Å². The van der Waals surface area contributed by atoms with Crippen molar-refractivity contribution < 1.29 is 0 Å². The van der Waals surface area contributed by atoms with Gasteiger partial charge in [-0.25, -0.2) is 0 Å². The van der Waals surface area contributed by atoms with Crippen molar-refractivity contribution in [3.8, 4) is 11.3 Å². The molecule has 19 heavy (non-hydrogen) atoms. The third-order valence-electron chi connectivity index (χ3n) is 3.25. The van der Waals surface area contributed by atoms with Crippen LogP contribution in [0.4, 0.5) is 0 Å². The van der Waals surface area contributed by atoms with Gasteiger partial charge < -0.3 is 0 Å². The molecule has 1 heterocycles. The largest absolute Gasteiger partial charge is 0.359 e. The van der Waals surface area contributed by atoms with Gasteiger partial charge in [0, 0.05) is 11.8 Å². The predicted molar refractivity (Wildman–Crippen MR) is 84.7 cm³/mol. The van der Waals surface area contributed by atoms with Crippen LogP contribution in [0.3, 0.4) is 0 Å². The summed E-state index contributed by atoms with van der Waals surface area (Å²) < 4.78 is 0. The van der Waals surface area contributed by atoms with Gasteiger partial charge >= 0.3 is 5.54 Å². The molecule has 0 aliphatic carbocycles. The van der Waals surface area contributed by atoms with E-state index in [1.54, 1.807) is 6.20 Å². The fraction of sp³-hybridized carbons (Fsp3) is 0.267. The lowest BCUT2D eigenvalue weighted by Crippen LogP contribution is -2.18. The van der Waals surface area contributed by atoms with E-state index < -0.39 is 5.54 Å². The molecule has 2 rings (SSSR count). The van der Waals surface area contributed by atoms with Gasteiger partial charge in [-0.2, -0.15) is 22.9 Å². The van der Waals surface area contributed by atoms with E-state index >= 15 is 0 Å². The van der Waals surface area contributed by atoms with Crippen LogP contribution >= 0.6 is 22.9 Å². The monoisotopic (exact) mass is 291 g/mol. The number of halogens is 2. The zero-order chi connectivity index (χ0) is 13.8. The Hall–Kier alpha value is -0.985. The second kappa shape index (κ2) is 6.45. The summed E-state index contributed by atoms with van der Waals surface area (Å²) in [6, 6.07) is 14.1. The molecule has 0 aliphatic heterocycles. The molecule has 0 N–H and O–H groups in total. The van der Waals surface area contributed by atoms with Crippen molar-refractivity contribution in [3.63, 3.8) is 0 Å². The molecule has 98 valence electrons. The van der Waals surface area contributed by atoms with Crippen LogP contribution in [0.1, 0.15) is 25.2 Å². The Morgan fingerprint density at radius 2 is 1.68 bits per heavy atom. The highest BCUT2D eigenvalue weighted by Gasteiger charge is 2.29. The normalized spacial score (nSPS) is 12.5. The number of benzene rings is 1.